The van der Waals surface area contributed by atoms with Gasteiger partial charge in [-0.2, -0.15) is 4.57 Å². The Morgan fingerprint density at radius 1 is 0.571 bits per heavy atom. The van der Waals surface area contributed by atoms with Crippen LogP contribution in [0.25, 0.3) is 44.3 Å². The number of para-hydroxylation sites is 3. The molecule has 0 N–H and O–H groups in total. The molecule has 49 heavy (non-hydrogen) atoms. The van der Waals surface area contributed by atoms with E-state index >= 15 is 0 Å². The topological polar surface area (TPSA) is 26.6 Å². The second-order valence-corrected chi connectivity index (χ2v) is 12.4. The number of aromatic nitrogens is 4. The fraction of sp³-hybridized carbons (Fsp3) is 0.0667. The minimum absolute atomic E-state index is 0.219. The zero-order valence-corrected chi connectivity index (χ0v) is 26.5. The van der Waals surface area contributed by atoms with Crippen molar-refractivity contribution in [3.05, 3.63) is 204 Å². The first-order valence-corrected chi connectivity index (χ1v) is 16.3. The first-order chi connectivity index (χ1) is 26.5. The normalized spacial score (nSPS) is 14.2. The summed E-state index contributed by atoms with van der Waals surface area (Å²) in [5, 5.41) is 2.04. The summed E-state index contributed by atoms with van der Waals surface area (Å²) in [6.07, 6.45) is 3.22. The molecule has 0 aliphatic rings. The van der Waals surface area contributed by atoms with Crippen LogP contribution < -0.4 is 4.57 Å². The molecule has 9 aromatic rings. The van der Waals surface area contributed by atoms with Crippen molar-refractivity contribution in [2.45, 2.75) is 12.3 Å². The van der Waals surface area contributed by atoms with Crippen LogP contribution in [0, 0.1) is 6.85 Å². The molecule has 4 nitrogen and oxygen atoms in total. The summed E-state index contributed by atoms with van der Waals surface area (Å²) in [4.78, 5) is 4.72. The molecule has 0 radical (unpaired) electrons. The molecule has 6 aromatic carbocycles. The Bertz CT molecular complexity index is 2810. The van der Waals surface area contributed by atoms with Crippen molar-refractivity contribution in [2.24, 2.45) is 6.98 Å². The lowest BCUT2D eigenvalue weighted by atomic mass is 9.65. The number of nitrogens with zero attached hydrogens (tertiary/aromatic N) is 4. The molecule has 3 aromatic heterocycles. The van der Waals surface area contributed by atoms with Gasteiger partial charge < -0.3 is 0 Å². The lowest BCUT2D eigenvalue weighted by Gasteiger charge is -2.37. The van der Waals surface area contributed by atoms with Crippen molar-refractivity contribution in [3.63, 3.8) is 0 Å². The van der Waals surface area contributed by atoms with Gasteiger partial charge in [-0.05, 0) is 83.2 Å². The summed E-state index contributed by atoms with van der Waals surface area (Å²) in [6, 6.07) is 54.5. The van der Waals surface area contributed by atoms with Gasteiger partial charge in [0.15, 0.2) is 11.0 Å². The molecule has 3 heterocycles. The Kier molecular flexibility index (Phi) is 5.41. The molecule has 234 valence electrons. The van der Waals surface area contributed by atoms with E-state index in [-0.39, 0.29) is 5.56 Å². The van der Waals surface area contributed by atoms with Crippen LogP contribution in [-0.2, 0) is 12.4 Å². The smallest absolute Gasteiger partial charge is 0.249 e. The fourth-order valence-electron chi connectivity index (χ4n) is 7.57. The highest BCUT2D eigenvalue weighted by Gasteiger charge is 2.39. The second-order valence-electron chi connectivity index (χ2n) is 12.4. The third-order valence-electron chi connectivity index (χ3n) is 9.68. The molecule has 0 bridgehead atoms. The van der Waals surface area contributed by atoms with Gasteiger partial charge >= 0.3 is 0 Å². The van der Waals surface area contributed by atoms with E-state index in [1.165, 1.54) is 4.57 Å². The Balaban J connectivity index is 1.37. The van der Waals surface area contributed by atoms with Gasteiger partial charge in [-0.15, -0.1) is 0 Å². The average molecular weight is 638 g/mol. The fourth-order valence-corrected chi connectivity index (χ4v) is 7.57. The number of imidazole rings is 1. The Morgan fingerprint density at radius 3 is 2.02 bits per heavy atom. The molecule has 0 aliphatic carbocycles. The van der Waals surface area contributed by atoms with Gasteiger partial charge in [0.2, 0.25) is 6.33 Å². The van der Waals surface area contributed by atoms with Gasteiger partial charge in [0, 0.05) is 21.1 Å². The zero-order chi connectivity index (χ0) is 38.0. The van der Waals surface area contributed by atoms with Crippen LogP contribution in [-0.4, -0.2) is 14.1 Å². The molecule has 0 amide bonds. The molecule has 0 fully saturated rings. The Hall–Kier alpha value is -6.26. The SMILES string of the molecule is [2H]C([2H])([2H])c1ccnc(-n2c3ccccc3c3ccc(C(c4ccccc4)(c4ccccc4)c4cccc(-n5c[n+](C([2H])([2H])[2H])c6ccccc65)c4)cc32)c1. The van der Waals surface area contributed by atoms with Crippen molar-refractivity contribution >= 4 is 32.8 Å². The second kappa shape index (κ2) is 11.5. The van der Waals surface area contributed by atoms with E-state index in [2.05, 4.69) is 89.5 Å². The highest BCUT2D eigenvalue weighted by Crippen LogP contribution is 2.47. The van der Waals surface area contributed by atoms with E-state index in [1.807, 2.05) is 71.3 Å². The van der Waals surface area contributed by atoms with Gasteiger partial charge in [-0.3, -0.25) is 4.57 Å². The third kappa shape index (κ3) is 4.52. The number of rotatable bonds is 6. The predicted molar refractivity (Wildman–Crippen MR) is 200 cm³/mol. The highest BCUT2D eigenvalue weighted by molar-refractivity contribution is 6.09. The van der Waals surface area contributed by atoms with Gasteiger partial charge in [0.05, 0.1) is 27.5 Å². The van der Waals surface area contributed by atoms with Gasteiger partial charge in [-0.1, -0.05) is 115 Å². The van der Waals surface area contributed by atoms with E-state index in [9.17, 15) is 0 Å². The van der Waals surface area contributed by atoms with E-state index < -0.39 is 19.2 Å². The minimum Gasteiger partial charge on any atom is -0.294 e. The van der Waals surface area contributed by atoms with Crippen LogP contribution in [0.3, 0.4) is 0 Å². The molecule has 0 saturated carbocycles. The monoisotopic (exact) mass is 637 g/mol. The van der Waals surface area contributed by atoms with Crippen LogP contribution in [0.15, 0.2) is 176 Å². The minimum atomic E-state index is -2.37. The Labute approximate surface area is 294 Å². The molecule has 0 spiro atoms. The predicted octanol–water partition coefficient (Wildman–Crippen LogP) is 9.64. The van der Waals surface area contributed by atoms with E-state index in [1.54, 1.807) is 24.7 Å². The lowest BCUT2D eigenvalue weighted by molar-refractivity contribution is -0.645. The molecule has 9 rings (SSSR count). The maximum absolute atomic E-state index is 8.29. The van der Waals surface area contributed by atoms with Gasteiger partial charge in [-0.25, -0.2) is 9.55 Å². The zero-order valence-electron chi connectivity index (χ0n) is 32.5. The third-order valence-corrected chi connectivity index (χ3v) is 9.68. The van der Waals surface area contributed by atoms with Crippen molar-refractivity contribution in [1.82, 2.24) is 14.1 Å². The quantitative estimate of drug-likeness (QED) is 0.132. The summed E-state index contributed by atoms with van der Waals surface area (Å²) in [5.41, 5.74) is 7.41. The van der Waals surface area contributed by atoms with Crippen LogP contribution in [0.1, 0.15) is 36.0 Å². The van der Waals surface area contributed by atoms with Gasteiger partial charge in [0.25, 0.3) is 0 Å². The molecular weight excluding hydrogens is 597 g/mol. The van der Waals surface area contributed by atoms with Crippen LogP contribution in [0.2, 0.25) is 0 Å². The van der Waals surface area contributed by atoms with Crippen molar-refractivity contribution in [1.29, 1.82) is 0 Å². The molecule has 0 unspecified atom stereocenters. The largest absolute Gasteiger partial charge is 0.294 e. The maximum Gasteiger partial charge on any atom is 0.249 e. The molecule has 4 heteroatoms. The molecular formula is C45H35N4+. The number of benzene rings is 6. The van der Waals surface area contributed by atoms with Crippen LogP contribution >= 0.6 is 0 Å². The number of pyridine rings is 1. The number of fused-ring (bicyclic) bond motifs is 4. The summed E-state index contributed by atoms with van der Waals surface area (Å²) in [7, 11) is 0. The van der Waals surface area contributed by atoms with Crippen molar-refractivity contribution in [2.75, 3.05) is 0 Å². The van der Waals surface area contributed by atoms with E-state index in [0.29, 0.717) is 11.3 Å². The average Bonchev–Trinajstić information content (AvgIpc) is 3.76. The number of hydrogen-bond donors (Lipinski definition) is 0. The number of aryl methyl sites for hydroxylation is 2. The highest BCUT2D eigenvalue weighted by atomic mass is 15.1. The molecule has 0 atom stereocenters. The number of hydrogen-bond acceptors (Lipinski definition) is 1. The van der Waals surface area contributed by atoms with E-state index in [4.69, 9.17) is 13.2 Å². The summed E-state index contributed by atoms with van der Waals surface area (Å²) < 4.78 is 54.6. The lowest BCUT2D eigenvalue weighted by Crippen LogP contribution is -2.31. The first-order valence-electron chi connectivity index (χ1n) is 19.3. The molecule has 0 saturated heterocycles. The van der Waals surface area contributed by atoms with Crippen molar-refractivity contribution in [3.8, 4) is 11.5 Å². The summed E-state index contributed by atoms with van der Waals surface area (Å²) >= 11 is 0. The summed E-state index contributed by atoms with van der Waals surface area (Å²) in [6.45, 7) is -4.66. The van der Waals surface area contributed by atoms with E-state index in [0.717, 1.165) is 55.3 Å². The summed E-state index contributed by atoms with van der Waals surface area (Å²) in [5.74, 6) is 0.519. The standard InChI is InChI=1S/C45H35N4/c1-32-26-27-46-44(28-32)49-40-21-10-9-20-38(40)39-25-24-36(30-43(39)49)45(33-14-5-3-6-15-33,34-16-7-4-8-17-34)35-18-13-19-37(29-35)48-31-47(2)41-22-11-12-23-42(41)48/h3-31H,1-2H3/q+1/i1D3,2D3. The Morgan fingerprint density at radius 2 is 1.24 bits per heavy atom. The van der Waals surface area contributed by atoms with Crippen LogP contribution in [0.4, 0.5) is 0 Å². The van der Waals surface area contributed by atoms with Crippen molar-refractivity contribution < 1.29 is 12.8 Å². The van der Waals surface area contributed by atoms with Crippen LogP contribution in [0.5, 0.6) is 0 Å². The van der Waals surface area contributed by atoms with Gasteiger partial charge in [0.1, 0.15) is 11.5 Å². The first kappa shape index (κ1) is 23.1. The molecule has 0 aliphatic heterocycles. The maximum atomic E-state index is 8.29.